The van der Waals surface area contributed by atoms with Crippen LogP contribution in [-0.4, -0.2) is 71.3 Å². The first kappa shape index (κ1) is 80.1. The zero-order valence-corrected chi connectivity index (χ0v) is 73.9. The largest absolute Gasteiger partial charge is 0.312 e. The molecule has 15 heteroatoms. The molecule has 0 fully saturated rings. The maximum absolute atomic E-state index is 5.06. The quantitative estimate of drug-likeness (QED) is 0.118. The van der Waals surface area contributed by atoms with Crippen molar-refractivity contribution in [3.05, 3.63) is 428 Å². The van der Waals surface area contributed by atoms with Crippen LogP contribution in [0.4, 0.5) is 0 Å². The minimum Gasteiger partial charge on any atom is -0.312 e. The Bertz CT molecular complexity index is 8140. The molecule has 4 aliphatic rings. The van der Waals surface area contributed by atoms with Gasteiger partial charge in [0.2, 0.25) is 0 Å². The van der Waals surface area contributed by atoms with Crippen LogP contribution in [0.5, 0.6) is 0 Å². The summed E-state index contributed by atoms with van der Waals surface area (Å²) in [7, 11) is 0. The molecule has 23 aromatic rings. The summed E-state index contributed by atoms with van der Waals surface area (Å²) in [5.41, 5.74) is 42.2. The zero-order valence-electron chi connectivity index (χ0n) is 73.9. The van der Waals surface area contributed by atoms with Crippen LogP contribution < -0.4 is 0 Å². The van der Waals surface area contributed by atoms with Crippen LogP contribution in [-0.2, 0) is 51.4 Å². The fourth-order valence-electron chi connectivity index (χ4n) is 21.1. The summed E-state index contributed by atoms with van der Waals surface area (Å²) in [6.07, 6.45) is 34.9. The van der Waals surface area contributed by atoms with Crippen molar-refractivity contribution in [3.63, 3.8) is 0 Å². The number of imidazole rings is 3. The van der Waals surface area contributed by atoms with Gasteiger partial charge in [0.1, 0.15) is 33.9 Å². The number of pyridine rings is 8. The van der Waals surface area contributed by atoms with Crippen molar-refractivity contribution < 1.29 is 0 Å². The number of nitrogens with zero attached hydrogens (tertiary/aromatic N) is 15. The van der Waals surface area contributed by atoms with Crippen LogP contribution in [0.25, 0.3) is 174 Å². The fraction of sp³-hybridized carbons (Fsp3) is 0.136. The Morgan fingerprint density at radius 1 is 0.226 bits per heavy atom. The summed E-state index contributed by atoms with van der Waals surface area (Å²) in [5.74, 6) is 0. The lowest BCUT2D eigenvalue weighted by Gasteiger charge is -2.17. The molecule has 0 saturated carbocycles. The summed E-state index contributed by atoms with van der Waals surface area (Å²) in [6.45, 7) is 0. The first-order valence-electron chi connectivity index (χ1n) is 46.9. The Morgan fingerprint density at radius 3 is 1.09 bits per heavy atom. The van der Waals surface area contributed by atoms with E-state index in [0.29, 0.717) is 0 Å². The van der Waals surface area contributed by atoms with Crippen molar-refractivity contribution in [2.24, 2.45) is 0 Å². The number of hydrogen-bond acceptors (Lipinski definition) is 8. The van der Waals surface area contributed by atoms with Gasteiger partial charge in [0.25, 0.3) is 0 Å². The Morgan fingerprint density at radius 2 is 0.602 bits per heavy atom. The highest BCUT2D eigenvalue weighted by molar-refractivity contribution is 5.91. The highest BCUT2D eigenvalue weighted by Gasteiger charge is 2.29. The van der Waals surface area contributed by atoms with Crippen LogP contribution in [0.3, 0.4) is 0 Å². The van der Waals surface area contributed by atoms with Gasteiger partial charge in [-0.05, 0) is 282 Å². The van der Waals surface area contributed by atoms with E-state index in [2.05, 4.69) is 329 Å². The molecular formula is C118H95N15. The van der Waals surface area contributed by atoms with E-state index < -0.39 is 0 Å². The highest BCUT2D eigenvalue weighted by Crippen LogP contribution is 2.43. The van der Waals surface area contributed by atoms with E-state index in [1.165, 1.54) is 146 Å². The number of aromatic nitrogens is 15. The molecule has 8 aromatic carbocycles. The molecule has 0 bridgehead atoms. The summed E-state index contributed by atoms with van der Waals surface area (Å²) in [5, 5.41) is 3.91. The van der Waals surface area contributed by atoms with Crippen LogP contribution in [0.15, 0.2) is 383 Å². The average molecular weight is 1720 g/mol. The Labute approximate surface area is 771 Å². The second-order valence-corrected chi connectivity index (χ2v) is 35.2. The Balaban J connectivity index is 0.0000000980. The zero-order chi connectivity index (χ0) is 88.1. The van der Waals surface area contributed by atoms with Crippen LogP contribution in [0, 0.1) is 0 Å². The van der Waals surface area contributed by atoms with E-state index in [-0.39, 0.29) is 0 Å². The molecule has 0 atom stereocenters. The van der Waals surface area contributed by atoms with Crippen molar-refractivity contribution in [1.29, 1.82) is 0 Å². The normalized spacial score (nSPS) is 13.4. The minimum absolute atomic E-state index is 0.954. The number of fused-ring (bicyclic) bond motifs is 15. The van der Waals surface area contributed by atoms with Gasteiger partial charge in [0.15, 0.2) is 0 Å². The van der Waals surface area contributed by atoms with Gasteiger partial charge in [0, 0.05) is 150 Å². The molecule has 642 valence electrons. The maximum atomic E-state index is 5.06. The van der Waals surface area contributed by atoms with E-state index in [1.807, 2.05) is 85.6 Å². The van der Waals surface area contributed by atoms with Crippen LogP contribution in [0.2, 0.25) is 0 Å². The number of aryl methyl sites for hydroxylation is 4. The van der Waals surface area contributed by atoms with Gasteiger partial charge in [-0.1, -0.05) is 188 Å². The molecule has 0 N–H and O–H groups in total. The molecule has 4 aliphatic carbocycles. The SMILES string of the molecule is c1ccc(-c2c(-c3ccc(-n4c5c(c6cccnc64)CCCC5)cc3)nc3ccccn23)cc1.c1ccc(-c2cc(-c3cccc(-n4c5c(c6ncccc64)CCCC5)c3)cc(-c3ccccc3)n2)cc1.c1ccc(-c2nc3ccccn3c2-c2ccc(-n3c4c(c5cccnc53)CCCC4)cc2)cc1.c1cnc2c(c1)c1c(n2-c2ccc(-c3cn4ccccc4n3)cc2)CCCC1. The Hall–Kier alpha value is -16.3. The van der Waals surface area contributed by atoms with Gasteiger partial charge in [-0.25, -0.2) is 34.9 Å². The van der Waals surface area contributed by atoms with Gasteiger partial charge >= 0.3 is 0 Å². The lowest BCUT2D eigenvalue weighted by Crippen LogP contribution is -2.07. The standard InChI is InChI=1S/C34H27N3.2C30H24N4.C24H20N4/c1-3-11-24(12-4-1)30-22-27(23-31(36-30)25-13-5-2-6-14-25)26-15-9-16-28(21-26)37-32-18-8-7-17-29(32)34-33(37)19-10-20-35-34;1-2-9-22(10-3-1)29-28(32-27-14-6-7-20-33(27)29)21-15-17-23(18-16-21)34-26-13-5-4-11-24(26)25-12-8-19-31-30(25)34;1-2-9-21(10-3-1)28-29(33-20-7-6-14-27(33)32-28)22-15-17-23(18-16-22)34-26-13-5-4-11-24(26)25-12-8-19-31-30(25)34;1-2-8-22-19(6-1)20-7-5-14-25-24(20)28(22)18-12-10-17(11-13-18)21-16-27-15-4-3-9-23(27)26-21/h1-6,9-16,19-23H,7-8,17-18H2;2*1-3,6-10,12,14-20H,4-5,11,13H2;3-5,7,9-16H,1-2,6,8H2. The predicted octanol–water partition coefficient (Wildman–Crippen LogP) is 27.3. The van der Waals surface area contributed by atoms with Crippen molar-refractivity contribution in [2.75, 3.05) is 0 Å². The first-order chi connectivity index (χ1) is 66.0. The molecule has 0 amide bonds. The molecule has 15 nitrogen and oxygen atoms in total. The van der Waals surface area contributed by atoms with Crippen molar-refractivity contribution >= 4 is 61.1 Å². The molecule has 15 heterocycles. The van der Waals surface area contributed by atoms with Gasteiger partial charge in [-0.2, -0.15) is 0 Å². The molecule has 133 heavy (non-hydrogen) atoms. The van der Waals surface area contributed by atoms with Crippen LogP contribution >= 0.6 is 0 Å². The van der Waals surface area contributed by atoms with Crippen molar-refractivity contribution in [3.8, 4) is 113 Å². The van der Waals surface area contributed by atoms with E-state index >= 15 is 0 Å². The first-order valence-corrected chi connectivity index (χ1v) is 46.9. The summed E-state index contributed by atoms with van der Waals surface area (Å²) < 4.78 is 16.0. The minimum atomic E-state index is 0.954. The number of hydrogen-bond donors (Lipinski definition) is 0. The molecule has 15 aromatic heterocycles. The third-order valence-corrected chi connectivity index (χ3v) is 27.3. The molecule has 27 rings (SSSR count). The molecule has 0 aliphatic heterocycles. The van der Waals surface area contributed by atoms with Crippen molar-refractivity contribution in [2.45, 2.75) is 103 Å². The molecule has 0 radical (unpaired) electrons. The second kappa shape index (κ2) is 35.0. The van der Waals surface area contributed by atoms with E-state index in [4.69, 9.17) is 39.9 Å². The molecular weight excluding hydrogens is 1630 g/mol. The molecule has 0 saturated heterocycles. The van der Waals surface area contributed by atoms with Gasteiger partial charge in [0.05, 0.1) is 50.9 Å². The third kappa shape index (κ3) is 14.9. The summed E-state index contributed by atoms with van der Waals surface area (Å²) in [4.78, 5) is 38.8. The fourth-order valence-corrected chi connectivity index (χ4v) is 21.1. The predicted molar refractivity (Wildman–Crippen MR) is 538 cm³/mol. The maximum Gasteiger partial charge on any atom is 0.144 e. The van der Waals surface area contributed by atoms with Gasteiger partial charge in [-0.3, -0.25) is 27.5 Å². The van der Waals surface area contributed by atoms with E-state index in [9.17, 15) is 0 Å². The average Bonchev–Trinajstić information content (AvgIpc) is 1.61. The van der Waals surface area contributed by atoms with Gasteiger partial charge in [-0.15, -0.1) is 0 Å². The topological polar surface area (TPSA) is 136 Å². The summed E-state index contributed by atoms with van der Waals surface area (Å²) >= 11 is 0. The van der Waals surface area contributed by atoms with Gasteiger partial charge < -0.3 is 8.97 Å². The van der Waals surface area contributed by atoms with E-state index in [1.54, 1.807) is 0 Å². The molecule has 0 spiro atoms. The number of benzene rings is 8. The monoisotopic (exact) mass is 1720 g/mol. The lowest BCUT2D eigenvalue weighted by atomic mass is 9.96. The van der Waals surface area contributed by atoms with Crippen LogP contribution in [0.1, 0.15) is 96.4 Å². The lowest BCUT2D eigenvalue weighted by molar-refractivity contribution is 0.666. The smallest absolute Gasteiger partial charge is 0.144 e. The van der Waals surface area contributed by atoms with Crippen molar-refractivity contribution in [1.82, 2.24) is 71.3 Å². The third-order valence-electron chi connectivity index (χ3n) is 27.3. The molecule has 0 unspecified atom stereocenters. The second-order valence-electron chi connectivity index (χ2n) is 35.2. The summed E-state index contributed by atoms with van der Waals surface area (Å²) in [6, 6.07) is 117. The van der Waals surface area contributed by atoms with E-state index in [0.717, 1.165) is 175 Å². The number of rotatable bonds is 12. The Kier molecular flexibility index (Phi) is 21.1. The highest BCUT2D eigenvalue weighted by atomic mass is 15.1.